The van der Waals surface area contributed by atoms with Crippen molar-refractivity contribution in [2.45, 2.75) is 38.6 Å². The molecular formula is C17H27N4S+. The molecule has 0 amide bonds. The van der Waals surface area contributed by atoms with E-state index in [1.807, 2.05) is 12.3 Å². The van der Waals surface area contributed by atoms with Crippen molar-refractivity contribution in [1.29, 1.82) is 0 Å². The quantitative estimate of drug-likeness (QED) is 0.846. The van der Waals surface area contributed by atoms with E-state index in [9.17, 15) is 0 Å². The normalized spacial score (nSPS) is 25.9. The molecular weight excluding hydrogens is 292 g/mol. The van der Waals surface area contributed by atoms with E-state index in [0.717, 1.165) is 37.2 Å². The van der Waals surface area contributed by atoms with Crippen LogP contribution in [0.25, 0.3) is 0 Å². The lowest BCUT2D eigenvalue weighted by molar-refractivity contribution is -0.364. The summed E-state index contributed by atoms with van der Waals surface area (Å²) in [7, 11) is 0. The van der Waals surface area contributed by atoms with E-state index in [1.54, 1.807) is 0 Å². The second-order valence-corrected chi connectivity index (χ2v) is 6.93. The van der Waals surface area contributed by atoms with Gasteiger partial charge in [-0.25, -0.2) is 4.98 Å². The van der Waals surface area contributed by atoms with E-state index >= 15 is 0 Å². The number of aromatic nitrogens is 1. The van der Waals surface area contributed by atoms with E-state index < -0.39 is 0 Å². The minimum atomic E-state index is 0.571. The molecule has 3 rings (SSSR count). The van der Waals surface area contributed by atoms with Gasteiger partial charge < -0.3 is 10.2 Å². The Labute approximate surface area is 138 Å². The topological polar surface area (TPSA) is 32.6 Å². The third kappa shape index (κ3) is 3.69. The number of rotatable bonds is 2. The summed E-state index contributed by atoms with van der Waals surface area (Å²) in [5.74, 6) is 1.94. The van der Waals surface area contributed by atoms with Gasteiger partial charge in [-0.2, -0.15) is 0 Å². The van der Waals surface area contributed by atoms with Gasteiger partial charge in [-0.05, 0) is 37.0 Å². The van der Waals surface area contributed by atoms with Crippen LogP contribution in [0.15, 0.2) is 24.4 Å². The monoisotopic (exact) mass is 319 g/mol. The van der Waals surface area contributed by atoms with E-state index in [1.165, 1.54) is 31.5 Å². The maximum Gasteiger partial charge on any atom is 0.274 e. The van der Waals surface area contributed by atoms with Gasteiger partial charge in [-0.3, -0.25) is 4.90 Å². The second kappa shape index (κ2) is 7.27. The Morgan fingerprint density at radius 1 is 1.18 bits per heavy atom. The van der Waals surface area contributed by atoms with Crippen molar-refractivity contribution in [3.05, 3.63) is 24.4 Å². The first kappa shape index (κ1) is 15.5. The van der Waals surface area contributed by atoms with Crippen LogP contribution in [0.1, 0.15) is 32.6 Å². The zero-order valence-electron chi connectivity index (χ0n) is 13.4. The first-order valence-corrected chi connectivity index (χ1v) is 8.92. The summed E-state index contributed by atoms with van der Waals surface area (Å²) in [6.45, 7) is 6.37. The molecule has 0 radical (unpaired) electrons. The molecule has 0 bridgehead atoms. The number of piperazine rings is 1. The van der Waals surface area contributed by atoms with Crippen molar-refractivity contribution in [2.24, 2.45) is 5.92 Å². The van der Waals surface area contributed by atoms with Crippen LogP contribution in [0.4, 0.5) is 5.82 Å². The van der Waals surface area contributed by atoms with Crippen LogP contribution >= 0.6 is 12.2 Å². The zero-order chi connectivity index (χ0) is 15.4. The Morgan fingerprint density at radius 2 is 1.95 bits per heavy atom. The molecule has 0 aromatic carbocycles. The van der Waals surface area contributed by atoms with Gasteiger partial charge in [0.15, 0.2) is 5.11 Å². The van der Waals surface area contributed by atoms with E-state index in [4.69, 9.17) is 12.2 Å². The van der Waals surface area contributed by atoms with Crippen molar-refractivity contribution < 1.29 is 4.98 Å². The van der Waals surface area contributed by atoms with Crippen molar-refractivity contribution in [3.8, 4) is 0 Å². The molecule has 2 heterocycles. The lowest BCUT2D eigenvalue weighted by Crippen LogP contribution is -2.55. The van der Waals surface area contributed by atoms with Crippen LogP contribution in [0, 0.1) is 5.92 Å². The molecule has 1 aliphatic heterocycles. The minimum absolute atomic E-state index is 0.571. The summed E-state index contributed by atoms with van der Waals surface area (Å²) in [5, 5.41) is 4.58. The van der Waals surface area contributed by atoms with Crippen LogP contribution in [0.5, 0.6) is 0 Å². The molecule has 5 heteroatoms. The molecule has 2 atom stereocenters. The average Bonchev–Trinajstić information content (AvgIpc) is 2.58. The van der Waals surface area contributed by atoms with Gasteiger partial charge >= 0.3 is 0 Å². The summed E-state index contributed by atoms with van der Waals surface area (Å²) >= 11 is 5.65. The first-order valence-electron chi connectivity index (χ1n) is 8.51. The highest BCUT2D eigenvalue weighted by atomic mass is 32.1. The van der Waals surface area contributed by atoms with Gasteiger partial charge in [0.25, 0.3) is 5.82 Å². The fourth-order valence-corrected chi connectivity index (χ4v) is 3.85. The number of H-pyrrole nitrogens is 1. The summed E-state index contributed by atoms with van der Waals surface area (Å²) < 4.78 is 0. The molecule has 1 saturated carbocycles. The van der Waals surface area contributed by atoms with Crippen molar-refractivity contribution in [1.82, 2.24) is 10.2 Å². The Morgan fingerprint density at radius 3 is 2.64 bits per heavy atom. The summed E-state index contributed by atoms with van der Waals surface area (Å²) in [6.07, 6.45) is 7.29. The van der Waals surface area contributed by atoms with E-state index in [-0.39, 0.29) is 0 Å². The SMILES string of the molecule is C[C@H]1CCCC[C@H]1NC(=S)N1CCN(c2cccc[nH+]2)CC1. The number of anilines is 1. The van der Waals surface area contributed by atoms with Gasteiger partial charge in [0, 0.05) is 12.1 Å². The lowest BCUT2D eigenvalue weighted by atomic mass is 9.86. The molecule has 2 N–H and O–H groups in total. The molecule has 22 heavy (non-hydrogen) atoms. The van der Waals surface area contributed by atoms with Crippen LogP contribution in [-0.2, 0) is 0 Å². The predicted octanol–water partition coefficient (Wildman–Crippen LogP) is 2.08. The van der Waals surface area contributed by atoms with Crippen LogP contribution < -0.4 is 15.2 Å². The first-order chi connectivity index (χ1) is 10.7. The third-order valence-corrected chi connectivity index (χ3v) is 5.40. The van der Waals surface area contributed by atoms with Gasteiger partial charge in [0.1, 0.15) is 13.1 Å². The van der Waals surface area contributed by atoms with Gasteiger partial charge in [0.05, 0.1) is 19.3 Å². The molecule has 0 unspecified atom stereocenters. The highest BCUT2D eigenvalue weighted by Gasteiger charge is 2.27. The van der Waals surface area contributed by atoms with Crippen LogP contribution in [0.2, 0.25) is 0 Å². The Bertz CT molecular complexity index is 485. The lowest BCUT2D eigenvalue weighted by Gasteiger charge is -2.36. The number of nitrogens with one attached hydrogen (secondary N) is 2. The highest BCUT2D eigenvalue weighted by Crippen LogP contribution is 2.24. The molecule has 1 aliphatic carbocycles. The summed E-state index contributed by atoms with van der Waals surface area (Å²) in [4.78, 5) is 8.03. The molecule has 1 aromatic rings. The fraction of sp³-hybridized carbons (Fsp3) is 0.647. The molecule has 1 aromatic heterocycles. The second-order valence-electron chi connectivity index (χ2n) is 6.54. The van der Waals surface area contributed by atoms with Crippen molar-refractivity contribution in [2.75, 3.05) is 31.1 Å². The number of nitrogens with zero attached hydrogens (tertiary/aromatic N) is 2. The highest BCUT2D eigenvalue weighted by molar-refractivity contribution is 7.80. The zero-order valence-corrected chi connectivity index (χ0v) is 14.2. The van der Waals surface area contributed by atoms with E-state index in [0.29, 0.717) is 6.04 Å². The Kier molecular flexibility index (Phi) is 5.13. The number of hydrogen-bond donors (Lipinski definition) is 1. The summed E-state index contributed by atoms with van der Waals surface area (Å²) in [5.41, 5.74) is 0. The van der Waals surface area contributed by atoms with E-state index in [2.05, 4.69) is 39.2 Å². The fourth-order valence-electron chi connectivity index (χ4n) is 3.51. The smallest absolute Gasteiger partial charge is 0.274 e. The van der Waals surface area contributed by atoms with Gasteiger partial charge in [0.2, 0.25) is 0 Å². The number of aromatic amines is 1. The number of thiocarbonyl (C=S) groups is 1. The summed E-state index contributed by atoms with van der Waals surface area (Å²) in [6, 6.07) is 6.80. The molecule has 120 valence electrons. The standard InChI is InChI=1S/C17H26N4S/c1-14-6-2-3-7-15(14)19-17(22)21-12-10-20(11-13-21)16-8-4-5-9-18-16/h4-5,8-9,14-15H,2-3,6-7,10-13H2,1H3,(H,19,22)/p+1/t14-,15+/m0/s1. The molecule has 2 fully saturated rings. The average molecular weight is 319 g/mol. The van der Waals surface area contributed by atoms with Crippen LogP contribution in [0.3, 0.4) is 0 Å². The third-order valence-electron chi connectivity index (χ3n) is 5.02. The van der Waals surface area contributed by atoms with Crippen molar-refractivity contribution in [3.63, 3.8) is 0 Å². The molecule has 1 saturated heterocycles. The largest absolute Gasteiger partial charge is 0.360 e. The predicted molar refractivity (Wildman–Crippen MR) is 93.9 cm³/mol. The maximum atomic E-state index is 5.65. The molecule has 2 aliphatic rings. The van der Waals surface area contributed by atoms with Crippen LogP contribution in [-0.4, -0.2) is 42.2 Å². The van der Waals surface area contributed by atoms with Gasteiger partial charge in [-0.15, -0.1) is 0 Å². The number of hydrogen-bond acceptors (Lipinski definition) is 2. The Hall–Kier alpha value is -1.36. The van der Waals surface area contributed by atoms with Crippen molar-refractivity contribution >= 4 is 23.1 Å². The minimum Gasteiger partial charge on any atom is -0.360 e. The molecule has 4 nitrogen and oxygen atoms in total. The number of pyridine rings is 1. The maximum absolute atomic E-state index is 5.65. The molecule has 0 spiro atoms. The Balaban J connectivity index is 1.49. The van der Waals surface area contributed by atoms with Gasteiger partial charge in [-0.1, -0.05) is 25.8 Å².